The quantitative estimate of drug-likeness (QED) is 0.571. The van der Waals surface area contributed by atoms with E-state index in [4.69, 9.17) is 9.84 Å². The summed E-state index contributed by atoms with van der Waals surface area (Å²) in [6.07, 6.45) is 6.34. The highest BCUT2D eigenvalue weighted by Crippen LogP contribution is 2.18. The summed E-state index contributed by atoms with van der Waals surface area (Å²) in [5.41, 5.74) is 1.01. The summed E-state index contributed by atoms with van der Waals surface area (Å²) >= 11 is 0. The zero-order valence-corrected chi connectivity index (χ0v) is 12.5. The monoisotopic (exact) mass is 303 g/mol. The number of carbonyl (C=O) groups is 2. The SMILES string of the molecule is O=C(O)CCCOc1ccc(CNC(=O)C2CC=CC2)cc1. The van der Waals surface area contributed by atoms with Gasteiger partial charge in [-0.2, -0.15) is 0 Å². The van der Waals surface area contributed by atoms with Gasteiger partial charge in [0.25, 0.3) is 0 Å². The highest BCUT2D eigenvalue weighted by molar-refractivity contribution is 5.79. The van der Waals surface area contributed by atoms with E-state index in [1.54, 1.807) is 0 Å². The largest absolute Gasteiger partial charge is 0.494 e. The van der Waals surface area contributed by atoms with Crippen molar-refractivity contribution in [2.75, 3.05) is 6.61 Å². The van der Waals surface area contributed by atoms with Crippen LogP contribution in [0, 0.1) is 5.92 Å². The van der Waals surface area contributed by atoms with Gasteiger partial charge in [-0.3, -0.25) is 9.59 Å². The third-order valence-electron chi connectivity index (χ3n) is 3.57. The van der Waals surface area contributed by atoms with E-state index in [1.165, 1.54) is 0 Å². The predicted molar refractivity (Wildman–Crippen MR) is 82.5 cm³/mol. The standard InChI is InChI=1S/C17H21NO4/c19-16(20)6-3-11-22-15-9-7-13(8-10-15)12-18-17(21)14-4-1-2-5-14/h1-2,7-10,14H,3-6,11-12H2,(H,18,21)(H,19,20). The third kappa shape index (κ3) is 5.24. The van der Waals surface area contributed by atoms with Gasteiger partial charge >= 0.3 is 5.97 Å². The summed E-state index contributed by atoms with van der Waals surface area (Å²) in [4.78, 5) is 22.3. The number of amides is 1. The van der Waals surface area contributed by atoms with E-state index >= 15 is 0 Å². The Kier molecular flexibility index (Phi) is 6.01. The Morgan fingerprint density at radius 1 is 1.18 bits per heavy atom. The second kappa shape index (κ2) is 8.22. The summed E-state index contributed by atoms with van der Waals surface area (Å²) in [5.74, 6) is 0.0726. The van der Waals surface area contributed by atoms with Gasteiger partial charge in [-0.25, -0.2) is 0 Å². The first kappa shape index (κ1) is 16.1. The van der Waals surface area contributed by atoms with Gasteiger partial charge in [0.05, 0.1) is 6.61 Å². The first-order valence-electron chi connectivity index (χ1n) is 7.51. The summed E-state index contributed by atoms with van der Waals surface area (Å²) < 4.78 is 5.46. The number of carboxylic acids is 1. The minimum absolute atomic E-state index is 0.0804. The number of allylic oxidation sites excluding steroid dienone is 2. The number of nitrogens with one attached hydrogen (secondary N) is 1. The van der Waals surface area contributed by atoms with E-state index < -0.39 is 5.97 Å². The van der Waals surface area contributed by atoms with Gasteiger partial charge in [0.15, 0.2) is 0 Å². The fraction of sp³-hybridized carbons (Fsp3) is 0.412. The second-order valence-electron chi connectivity index (χ2n) is 5.35. The maximum Gasteiger partial charge on any atom is 0.303 e. The number of benzene rings is 1. The van der Waals surface area contributed by atoms with Gasteiger partial charge in [0.2, 0.25) is 5.91 Å². The number of hydrogen-bond acceptors (Lipinski definition) is 3. The Bertz CT molecular complexity index is 528. The molecule has 118 valence electrons. The number of hydrogen-bond donors (Lipinski definition) is 2. The molecule has 1 aliphatic rings. The van der Waals surface area contributed by atoms with Gasteiger partial charge in [-0.15, -0.1) is 0 Å². The molecule has 0 atom stereocenters. The molecular formula is C17H21NO4. The molecule has 0 radical (unpaired) electrons. The first-order chi connectivity index (χ1) is 10.6. The van der Waals surface area contributed by atoms with Gasteiger partial charge in [-0.05, 0) is 37.0 Å². The second-order valence-corrected chi connectivity index (χ2v) is 5.35. The smallest absolute Gasteiger partial charge is 0.303 e. The van der Waals surface area contributed by atoms with Crippen LogP contribution in [-0.2, 0) is 16.1 Å². The van der Waals surface area contributed by atoms with Crippen molar-refractivity contribution in [1.82, 2.24) is 5.32 Å². The molecule has 5 nitrogen and oxygen atoms in total. The maximum absolute atomic E-state index is 11.9. The van der Waals surface area contributed by atoms with Crippen molar-refractivity contribution in [3.05, 3.63) is 42.0 Å². The molecule has 0 aromatic heterocycles. The van der Waals surface area contributed by atoms with Crippen molar-refractivity contribution in [3.8, 4) is 5.75 Å². The first-order valence-corrected chi connectivity index (χ1v) is 7.51. The van der Waals surface area contributed by atoms with E-state index in [9.17, 15) is 9.59 Å². The summed E-state index contributed by atoms with van der Waals surface area (Å²) in [6, 6.07) is 7.47. The van der Waals surface area contributed by atoms with E-state index in [0.29, 0.717) is 25.3 Å². The van der Waals surface area contributed by atoms with Gasteiger partial charge in [0, 0.05) is 18.9 Å². The number of rotatable bonds is 8. The minimum atomic E-state index is -0.813. The van der Waals surface area contributed by atoms with Crippen molar-refractivity contribution < 1.29 is 19.4 Å². The normalized spacial score (nSPS) is 14.0. The third-order valence-corrected chi connectivity index (χ3v) is 3.57. The fourth-order valence-electron chi connectivity index (χ4n) is 2.28. The highest BCUT2D eigenvalue weighted by Gasteiger charge is 2.18. The maximum atomic E-state index is 11.9. The summed E-state index contributed by atoms with van der Waals surface area (Å²) in [5, 5.41) is 11.5. The lowest BCUT2D eigenvalue weighted by Gasteiger charge is -2.11. The zero-order valence-electron chi connectivity index (χ0n) is 12.5. The van der Waals surface area contributed by atoms with Crippen LogP contribution in [0.3, 0.4) is 0 Å². The van der Waals surface area contributed by atoms with Crippen molar-refractivity contribution in [2.45, 2.75) is 32.2 Å². The molecule has 0 spiro atoms. The molecule has 1 aromatic rings. The van der Waals surface area contributed by atoms with E-state index in [2.05, 4.69) is 5.32 Å². The van der Waals surface area contributed by atoms with Crippen LogP contribution >= 0.6 is 0 Å². The summed E-state index contributed by atoms with van der Waals surface area (Å²) in [7, 11) is 0. The van der Waals surface area contributed by atoms with Gasteiger partial charge in [0.1, 0.15) is 5.75 Å². The lowest BCUT2D eigenvalue weighted by Crippen LogP contribution is -2.28. The Balaban J connectivity index is 1.69. The van der Waals surface area contributed by atoms with Crippen molar-refractivity contribution >= 4 is 11.9 Å². The Morgan fingerprint density at radius 3 is 2.50 bits per heavy atom. The molecule has 2 N–H and O–H groups in total. The lowest BCUT2D eigenvalue weighted by molar-refractivity contribution is -0.137. The number of carbonyl (C=O) groups excluding carboxylic acids is 1. The van der Waals surface area contributed by atoms with E-state index in [0.717, 1.165) is 18.4 Å². The van der Waals surface area contributed by atoms with Gasteiger partial charge < -0.3 is 15.2 Å². The van der Waals surface area contributed by atoms with Crippen LogP contribution in [0.4, 0.5) is 0 Å². The summed E-state index contributed by atoms with van der Waals surface area (Å²) in [6.45, 7) is 0.895. The molecular weight excluding hydrogens is 282 g/mol. The topological polar surface area (TPSA) is 75.6 Å². The van der Waals surface area contributed by atoms with E-state index in [1.807, 2.05) is 36.4 Å². The lowest BCUT2D eigenvalue weighted by atomic mass is 10.1. The predicted octanol–water partition coefficient (Wildman–Crippen LogP) is 2.51. The molecule has 0 bridgehead atoms. The van der Waals surface area contributed by atoms with Crippen LogP contribution in [0.1, 0.15) is 31.2 Å². The molecule has 0 heterocycles. The average Bonchev–Trinajstić information content (AvgIpc) is 3.04. The zero-order chi connectivity index (χ0) is 15.8. The average molecular weight is 303 g/mol. The molecule has 0 saturated carbocycles. The molecule has 0 saturated heterocycles. The van der Waals surface area contributed by atoms with Crippen LogP contribution in [0.25, 0.3) is 0 Å². The molecule has 5 heteroatoms. The molecule has 0 fully saturated rings. The van der Waals surface area contributed by atoms with Crippen LogP contribution in [-0.4, -0.2) is 23.6 Å². The van der Waals surface area contributed by atoms with Crippen LogP contribution in [0.15, 0.2) is 36.4 Å². The van der Waals surface area contributed by atoms with Crippen molar-refractivity contribution in [3.63, 3.8) is 0 Å². The molecule has 0 aliphatic heterocycles. The van der Waals surface area contributed by atoms with Crippen LogP contribution < -0.4 is 10.1 Å². The Hall–Kier alpha value is -2.30. The minimum Gasteiger partial charge on any atom is -0.494 e. The van der Waals surface area contributed by atoms with Crippen molar-refractivity contribution in [2.24, 2.45) is 5.92 Å². The van der Waals surface area contributed by atoms with Gasteiger partial charge in [-0.1, -0.05) is 24.3 Å². The fourth-order valence-corrected chi connectivity index (χ4v) is 2.28. The number of ether oxygens (including phenoxy) is 1. The molecule has 1 amide bonds. The molecule has 1 aliphatic carbocycles. The van der Waals surface area contributed by atoms with Crippen LogP contribution in [0.2, 0.25) is 0 Å². The molecule has 0 unspecified atom stereocenters. The molecule has 2 rings (SSSR count). The molecule has 1 aromatic carbocycles. The number of aliphatic carboxylic acids is 1. The van der Waals surface area contributed by atoms with E-state index in [-0.39, 0.29) is 18.2 Å². The Morgan fingerprint density at radius 2 is 1.86 bits per heavy atom. The van der Waals surface area contributed by atoms with Crippen molar-refractivity contribution in [1.29, 1.82) is 0 Å². The highest BCUT2D eigenvalue weighted by atomic mass is 16.5. The Labute approximate surface area is 130 Å². The van der Waals surface area contributed by atoms with Crippen LogP contribution in [0.5, 0.6) is 5.75 Å². The number of carboxylic acid groups (broad SMARTS) is 1. The molecule has 22 heavy (non-hydrogen) atoms.